The van der Waals surface area contributed by atoms with Gasteiger partial charge in [0.25, 0.3) is 0 Å². The van der Waals surface area contributed by atoms with Crippen LogP contribution >= 0.6 is 0 Å². The fourth-order valence-electron chi connectivity index (χ4n) is 4.07. The lowest BCUT2D eigenvalue weighted by molar-refractivity contribution is -0.386. The summed E-state index contributed by atoms with van der Waals surface area (Å²) in [6.07, 6.45) is 0. The Bertz CT molecular complexity index is 1270. The van der Waals surface area contributed by atoms with Crippen LogP contribution in [-0.2, 0) is 12.0 Å². The molecular weight excluding hydrogens is 418 g/mol. The molecule has 0 bridgehead atoms. The van der Waals surface area contributed by atoms with Gasteiger partial charge in [-0.3, -0.25) is 0 Å². The lowest BCUT2D eigenvalue weighted by Crippen LogP contribution is -3.00. The molecule has 0 saturated carbocycles. The van der Waals surface area contributed by atoms with Gasteiger partial charge in [0, 0.05) is 5.56 Å². The summed E-state index contributed by atoms with van der Waals surface area (Å²) in [5.41, 5.74) is 11.2. The van der Waals surface area contributed by atoms with Crippen LogP contribution in [-0.4, -0.2) is 11.1 Å². The van der Waals surface area contributed by atoms with Crippen molar-refractivity contribution < 1.29 is 28.0 Å². The van der Waals surface area contributed by atoms with Crippen LogP contribution in [0.3, 0.4) is 0 Å². The van der Waals surface area contributed by atoms with Crippen LogP contribution in [0.5, 0.6) is 0 Å². The first-order valence-electron chi connectivity index (χ1n) is 10.6. The lowest BCUT2D eigenvalue weighted by Gasteiger charge is -2.19. The first-order valence-corrected chi connectivity index (χ1v) is 10.6. The van der Waals surface area contributed by atoms with E-state index in [1.165, 1.54) is 22.1 Å². The van der Waals surface area contributed by atoms with E-state index in [1.807, 2.05) is 6.07 Å². The smallest absolute Gasteiger partial charge is 0.335 e. The zero-order valence-electron chi connectivity index (χ0n) is 18.7. The first kappa shape index (κ1) is 23.5. The fraction of sp³-hybridized carbons (Fsp3) is 0.179. The van der Waals surface area contributed by atoms with E-state index in [0.29, 0.717) is 12.1 Å². The zero-order chi connectivity index (χ0) is 22.2. The molecule has 0 aliphatic heterocycles. The van der Waals surface area contributed by atoms with Crippen LogP contribution in [0.25, 0.3) is 33.0 Å². The van der Waals surface area contributed by atoms with Crippen molar-refractivity contribution in [1.29, 1.82) is 0 Å². The Morgan fingerprint density at radius 1 is 0.844 bits per heavy atom. The molecule has 4 aromatic carbocycles. The van der Waals surface area contributed by atoms with E-state index >= 15 is 0 Å². The second-order valence-corrected chi connectivity index (χ2v) is 9.00. The highest BCUT2D eigenvalue weighted by atomic mass is 35.5. The summed E-state index contributed by atoms with van der Waals surface area (Å²) in [4.78, 5) is 11.3. The molecule has 0 spiro atoms. The van der Waals surface area contributed by atoms with Crippen molar-refractivity contribution in [2.24, 2.45) is 0 Å². The second kappa shape index (κ2) is 9.15. The molecule has 4 aromatic rings. The summed E-state index contributed by atoms with van der Waals surface area (Å²) < 4.78 is 0. The number of rotatable bonds is 4. The van der Waals surface area contributed by atoms with E-state index in [-0.39, 0.29) is 17.8 Å². The molecule has 0 unspecified atom stereocenters. The molecule has 4 rings (SSSR count). The van der Waals surface area contributed by atoms with Crippen LogP contribution in [0.2, 0.25) is 0 Å². The topological polar surface area (TPSA) is 64.9 Å². The Morgan fingerprint density at radius 2 is 1.53 bits per heavy atom. The van der Waals surface area contributed by atoms with Crippen LogP contribution < -0.4 is 18.1 Å². The van der Waals surface area contributed by atoms with Crippen molar-refractivity contribution in [3.05, 3.63) is 95.6 Å². The molecule has 0 heterocycles. The quantitative estimate of drug-likeness (QED) is 0.507. The molecular formula is C28H28ClNO2. The minimum atomic E-state index is -0.915. The average molecular weight is 446 g/mol. The summed E-state index contributed by atoms with van der Waals surface area (Å²) in [6.45, 7) is 7.22. The number of carbonyl (C=O) groups is 1. The normalized spacial score (nSPS) is 11.2. The van der Waals surface area contributed by atoms with Gasteiger partial charge in [0.2, 0.25) is 0 Å². The number of hydrogen-bond donors (Lipinski definition) is 2. The molecule has 0 fully saturated rings. The third-order valence-electron chi connectivity index (χ3n) is 5.87. The van der Waals surface area contributed by atoms with Gasteiger partial charge in [0.05, 0.1) is 5.56 Å². The van der Waals surface area contributed by atoms with Gasteiger partial charge in [0.1, 0.15) is 6.54 Å². The summed E-state index contributed by atoms with van der Waals surface area (Å²) >= 11 is 0. The Kier molecular flexibility index (Phi) is 6.73. The summed E-state index contributed by atoms with van der Waals surface area (Å²) in [6, 6.07) is 26.9. The molecule has 0 aromatic heterocycles. The van der Waals surface area contributed by atoms with Gasteiger partial charge in [0.15, 0.2) is 0 Å². The monoisotopic (exact) mass is 445 g/mol. The second-order valence-electron chi connectivity index (χ2n) is 9.00. The summed E-state index contributed by atoms with van der Waals surface area (Å²) in [7, 11) is 0. The van der Waals surface area contributed by atoms with Gasteiger partial charge in [-0.15, -0.1) is 0 Å². The van der Waals surface area contributed by atoms with Crippen molar-refractivity contribution >= 4 is 16.7 Å². The van der Waals surface area contributed by atoms with Gasteiger partial charge in [-0.05, 0) is 62.2 Å². The van der Waals surface area contributed by atoms with Crippen molar-refractivity contribution in [2.75, 3.05) is 0 Å². The number of fused-ring (bicyclic) bond motifs is 1. The number of carboxylic acids is 1. The Morgan fingerprint density at radius 3 is 2.16 bits per heavy atom. The highest BCUT2D eigenvalue weighted by molar-refractivity contribution is 5.99. The SMILES string of the molecule is CC(C)(C)c1ccc(-c2cccc3cc(-c4ccc(C(=O)O)cc4C[NH3+])ccc23)cc1.[Cl-]. The molecule has 0 radical (unpaired) electrons. The van der Waals surface area contributed by atoms with Gasteiger partial charge in [-0.1, -0.05) is 81.4 Å². The van der Waals surface area contributed by atoms with E-state index in [9.17, 15) is 9.90 Å². The number of hydrogen-bond acceptors (Lipinski definition) is 1. The van der Waals surface area contributed by atoms with Gasteiger partial charge < -0.3 is 23.2 Å². The molecule has 3 nitrogen and oxygen atoms in total. The minimum Gasteiger partial charge on any atom is -1.00 e. The molecule has 0 atom stereocenters. The largest absolute Gasteiger partial charge is 1.00 e. The zero-order valence-corrected chi connectivity index (χ0v) is 19.4. The highest BCUT2D eigenvalue weighted by Gasteiger charge is 2.14. The van der Waals surface area contributed by atoms with Gasteiger partial charge >= 0.3 is 5.97 Å². The van der Waals surface area contributed by atoms with Crippen molar-refractivity contribution in [1.82, 2.24) is 0 Å². The Labute approximate surface area is 195 Å². The van der Waals surface area contributed by atoms with Crippen LogP contribution in [0.4, 0.5) is 0 Å². The Hall–Kier alpha value is -3.14. The number of aromatic carboxylic acids is 1. The maximum Gasteiger partial charge on any atom is 0.335 e. The van der Waals surface area contributed by atoms with Crippen molar-refractivity contribution in [3.8, 4) is 22.3 Å². The maximum absolute atomic E-state index is 11.3. The summed E-state index contributed by atoms with van der Waals surface area (Å²) in [5.74, 6) is -0.915. The van der Waals surface area contributed by atoms with E-state index in [0.717, 1.165) is 22.1 Å². The predicted octanol–water partition coefficient (Wildman–Crippen LogP) is 2.92. The fourth-order valence-corrected chi connectivity index (χ4v) is 4.07. The van der Waals surface area contributed by atoms with Crippen LogP contribution in [0, 0.1) is 0 Å². The molecule has 0 amide bonds. The average Bonchev–Trinajstić information content (AvgIpc) is 2.77. The molecule has 32 heavy (non-hydrogen) atoms. The highest BCUT2D eigenvalue weighted by Crippen LogP contribution is 2.34. The molecule has 0 aliphatic rings. The van der Waals surface area contributed by atoms with E-state index in [4.69, 9.17) is 0 Å². The molecule has 4 heteroatoms. The number of halogens is 1. The van der Waals surface area contributed by atoms with Crippen molar-refractivity contribution in [3.63, 3.8) is 0 Å². The lowest BCUT2D eigenvalue weighted by atomic mass is 9.86. The number of carboxylic acid groups (broad SMARTS) is 1. The van der Waals surface area contributed by atoms with E-state index < -0.39 is 5.97 Å². The van der Waals surface area contributed by atoms with Gasteiger partial charge in [-0.25, -0.2) is 4.79 Å². The minimum absolute atomic E-state index is 0. The predicted molar refractivity (Wildman–Crippen MR) is 127 cm³/mol. The van der Waals surface area contributed by atoms with E-state index in [2.05, 4.69) is 87.2 Å². The number of quaternary nitrogens is 1. The number of benzene rings is 4. The molecule has 164 valence electrons. The standard InChI is InChI=1S/C28H27NO2.ClH/c1-28(2,3)23-11-7-18(8-12-23)25-6-4-5-19-15-20(9-14-26(19)25)24-13-10-21(27(30)31)16-22(24)17-29;/h4-16H,17,29H2,1-3H3,(H,30,31);1H. The third-order valence-corrected chi connectivity index (χ3v) is 5.87. The molecule has 0 saturated heterocycles. The molecule has 0 aliphatic carbocycles. The molecule has 4 N–H and O–H groups in total. The van der Waals surface area contributed by atoms with Crippen molar-refractivity contribution in [2.45, 2.75) is 32.7 Å². The maximum atomic E-state index is 11.3. The third kappa shape index (κ3) is 4.55. The Balaban J connectivity index is 0.00000289. The van der Waals surface area contributed by atoms with Crippen LogP contribution in [0.15, 0.2) is 78.9 Å². The first-order chi connectivity index (χ1) is 14.8. The summed E-state index contributed by atoms with van der Waals surface area (Å²) in [5, 5.41) is 11.6. The van der Waals surface area contributed by atoms with Gasteiger partial charge in [-0.2, -0.15) is 0 Å². The van der Waals surface area contributed by atoms with E-state index in [1.54, 1.807) is 12.1 Å². The van der Waals surface area contributed by atoms with Crippen LogP contribution in [0.1, 0.15) is 42.3 Å².